The average Bonchev–Trinajstić information content (AvgIpc) is 3.12. The van der Waals surface area contributed by atoms with E-state index in [0.29, 0.717) is 11.3 Å². The highest BCUT2D eigenvalue weighted by Gasteiger charge is 2.80. The first kappa shape index (κ1) is 14.9. The number of aryl methyl sites for hydroxylation is 1. The fourth-order valence-corrected chi connectivity index (χ4v) is 3.72. The molecule has 1 fully saturated rings. The number of benzene rings is 1. The Bertz CT molecular complexity index is 661. The van der Waals surface area contributed by atoms with Crippen LogP contribution in [-0.2, 0) is 19.7 Å². The highest BCUT2D eigenvalue weighted by atomic mass is 19.3. The second kappa shape index (κ2) is 4.76. The molecule has 3 atom stereocenters. The van der Waals surface area contributed by atoms with Gasteiger partial charge in [0, 0.05) is 12.7 Å². The Morgan fingerprint density at radius 2 is 2.14 bits per heavy atom. The highest BCUT2D eigenvalue weighted by molar-refractivity contribution is 6.14. The van der Waals surface area contributed by atoms with Crippen molar-refractivity contribution in [3.63, 3.8) is 0 Å². The SMILES string of the molecule is CCOC(=O)[C@H]1[C@H](C(F)F)[C@]12C(=O)N(C)c1ccc(C)cc12. The molecule has 0 aromatic heterocycles. The van der Waals surface area contributed by atoms with Crippen LogP contribution in [0.2, 0.25) is 0 Å². The second-order valence-corrected chi connectivity index (χ2v) is 5.84. The highest BCUT2D eigenvalue weighted by Crippen LogP contribution is 2.68. The van der Waals surface area contributed by atoms with Crippen molar-refractivity contribution in [2.24, 2.45) is 11.8 Å². The zero-order chi connectivity index (χ0) is 16.2. The number of esters is 1. The number of carbonyl (C=O) groups excluding carboxylic acids is 2. The molecule has 22 heavy (non-hydrogen) atoms. The molecule has 118 valence electrons. The van der Waals surface area contributed by atoms with Gasteiger partial charge in [0.05, 0.1) is 23.9 Å². The van der Waals surface area contributed by atoms with Gasteiger partial charge in [-0.05, 0) is 25.5 Å². The Morgan fingerprint density at radius 1 is 1.45 bits per heavy atom. The van der Waals surface area contributed by atoms with Gasteiger partial charge in [-0.1, -0.05) is 17.7 Å². The first-order valence-corrected chi connectivity index (χ1v) is 7.21. The van der Waals surface area contributed by atoms with Crippen LogP contribution in [0.25, 0.3) is 0 Å². The maximum Gasteiger partial charge on any atom is 0.310 e. The average molecular weight is 309 g/mol. The van der Waals surface area contributed by atoms with Crippen molar-refractivity contribution in [1.82, 2.24) is 0 Å². The van der Waals surface area contributed by atoms with E-state index in [4.69, 9.17) is 4.74 Å². The minimum atomic E-state index is -2.75. The third kappa shape index (κ3) is 1.66. The molecule has 0 unspecified atom stereocenters. The molecule has 4 nitrogen and oxygen atoms in total. The van der Waals surface area contributed by atoms with Gasteiger partial charge in [-0.25, -0.2) is 8.78 Å². The number of fused-ring (bicyclic) bond motifs is 2. The Morgan fingerprint density at radius 3 is 2.73 bits per heavy atom. The van der Waals surface area contributed by atoms with Gasteiger partial charge >= 0.3 is 5.97 Å². The summed E-state index contributed by atoms with van der Waals surface area (Å²) in [5.74, 6) is -3.59. The Hall–Kier alpha value is -1.98. The molecule has 1 aliphatic carbocycles. The minimum absolute atomic E-state index is 0.103. The number of rotatable bonds is 3. The summed E-state index contributed by atoms with van der Waals surface area (Å²) in [6.45, 7) is 3.55. The predicted octanol–water partition coefficient (Wildman–Crippen LogP) is 2.28. The number of halogens is 2. The van der Waals surface area contributed by atoms with Gasteiger partial charge in [-0.15, -0.1) is 0 Å². The van der Waals surface area contributed by atoms with Crippen molar-refractivity contribution in [2.45, 2.75) is 25.7 Å². The molecule has 1 aliphatic heterocycles. The third-order valence-corrected chi connectivity index (χ3v) is 4.70. The lowest BCUT2D eigenvalue weighted by molar-refractivity contribution is -0.146. The number of nitrogens with zero attached hydrogens (tertiary/aromatic N) is 1. The minimum Gasteiger partial charge on any atom is -0.466 e. The molecule has 1 saturated carbocycles. The number of carbonyl (C=O) groups is 2. The molecule has 2 aliphatic rings. The van der Waals surface area contributed by atoms with Crippen LogP contribution in [0.5, 0.6) is 0 Å². The molecule has 0 radical (unpaired) electrons. The predicted molar refractivity (Wildman–Crippen MR) is 75.9 cm³/mol. The zero-order valence-corrected chi connectivity index (χ0v) is 12.6. The fraction of sp³-hybridized carbons (Fsp3) is 0.500. The van der Waals surface area contributed by atoms with Gasteiger partial charge in [-0.3, -0.25) is 9.59 Å². The van der Waals surface area contributed by atoms with Crippen molar-refractivity contribution in [3.8, 4) is 0 Å². The van der Waals surface area contributed by atoms with Crippen LogP contribution in [0.1, 0.15) is 18.1 Å². The van der Waals surface area contributed by atoms with Crippen molar-refractivity contribution in [1.29, 1.82) is 0 Å². The lowest BCUT2D eigenvalue weighted by Gasteiger charge is -2.11. The standard InChI is InChI=1S/C16H17F2NO3/c1-4-22-14(20)12-11(13(17)18)16(12)9-7-8(2)5-6-10(9)19(3)15(16)21/h5-7,11-13H,4H2,1-3H3/t11-,12-,16+/m1/s1. The maximum atomic E-state index is 13.5. The topological polar surface area (TPSA) is 46.6 Å². The van der Waals surface area contributed by atoms with Gasteiger partial charge in [0.15, 0.2) is 0 Å². The van der Waals surface area contributed by atoms with Crippen molar-refractivity contribution >= 4 is 17.6 Å². The van der Waals surface area contributed by atoms with Gasteiger partial charge in [0.1, 0.15) is 0 Å². The molecule has 1 aromatic rings. The Kier molecular flexibility index (Phi) is 3.23. The molecular formula is C16H17F2NO3. The van der Waals surface area contributed by atoms with Crippen LogP contribution in [0, 0.1) is 18.8 Å². The molecular weight excluding hydrogens is 292 g/mol. The van der Waals surface area contributed by atoms with E-state index >= 15 is 0 Å². The lowest BCUT2D eigenvalue weighted by atomic mass is 9.92. The number of ether oxygens (including phenoxy) is 1. The normalized spacial score (nSPS) is 29.2. The number of alkyl halides is 2. The number of amides is 1. The van der Waals surface area contributed by atoms with Crippen LogP contribution in [-0.4, -0.2) is 32.0 Å². The maximum absolute atomic E-state index is 13.5. The summed E-state index contributed by atoms with van der Waals surface area (Å²) in [4.78, 5) is 26.1. The van der Waals surface area contributed by atoms with Gasteiger partial charge in [0.25, 0.3) is 0 Å². The van der Waals surface area contributed by atoms with Crippen molar-refractivity contribution < 1.29 is 23.1 Å². The largest absolute Gasteiger partial charge is 0.466 e. The summed E-state index contributed by atoms with van der Waals surface area (Å²) in [5, 5.41) is 0. The van der Waals surface area contributed by atoms with Crippen LogP contribution in [0.3, 0.4) is 0 Å². The molecule has 1 amide bonds. The summed E-state index contributed by atoms with van der Waals surface area (Å²) < 4.78 is 31.9. The fourth-order valence-electron chi connectivity index (χ4n) is 3.72. The van der Waals surface area contributed by atoms with Crippen LogP contribution in [0.4, 0.5) is 14.5 Å². The molecule has 1 heterocycles. The van der Waals surface area contributed by atoms with E-state index in [1.807, 2.05) is 13.0 Å². The monoisotopic (exact) mass is 309 g/mol. The van der Waals surface area contributed by atoms with E-state index in [0.717, 1.165) is 5.56 Å². The van der Waals surface area contributed by atoms with Crippen LogP contribution in [0.15, 0.2) is 18.2 Å². The van der Waals surface area contributed by atoms with Crippen molar-refractivity contribution in [2.75, 3.05) is 18.6 Å². The van der Waals surface area contributed by atoms with E-state index in [9.17, 15) is 18.4 Å². The molecule has 1 spiro atoms. The quantitative estimate of drug-likeness (QED) is 0.805. The molecule has 0 bridgehead atoms. The molecule has 0 N–H and O–H groups in total. The molecule has 1 aromatic carbocycles. The van der Waals surface area contributed by atoms with Crippen molar-refractivity contribution in [3.05, 3.63) is 29.3 Å². The second-order valence-electron chi connectivity index (χ2n) is 5.84. The van der Waals surface area contributed by atoms with Gasteiger partial charge in [-0.2, -0.15) is 0 Å². The summed E-state index contributed by atoms with van der Waals surface area (Å²) >= 11 is 0. The van der Waals surface area contributed by atoms with Gasteiger partial charge < -0.3 is 9.64 Å². The van der Waals surface area contributed by atoms with E-state index < -0.39 is 35.6 Å². The molecule has 3 rings (SSSR count). The summed E-state index contributed by atoms with van der Waals surface area (Å²) in [5.41, 5.74) is 0.511. The summed E-state index contributed by atoms with van der Waals surface area (Å²) in [7, 11) is 1.55. The van der Waals surface area contributed by atoms with Crippen LogP contribution < -0.4 is 4.90 Å². The number of hydrogen-bond donors (Lipinski definition) is 0. The Balaban J connectivity index is 2.15. The van der Waals surface area contributed by atoms with Crippen LogP contribution >= 0.6 is 0 Å². The first-order chi connectivity index (χ1) is 10.4. The number of anilines is 1. The van der Waals surface area contributed by atoms with E-state index in [1.165, 1.54) is 4.90 Å². The summed E-state index contributed by atoms with van der Waals surface area (Å²) in [6.07, 6.45) is -2.75. The van der Waals surface area contributed by atoms with Gasteiger partial charge in [0.2, 0.25) is 12.3 Å². The molecule has 0 saturated heterocycles. The zero-order valence-electron chi connectivity index (χ0n) is 12.6. The summed E-state index contributed by atoms with van der Waals surface area (Å²) in [6, 6.07) is 5.28. The lowest BCUT2D eigenvalue weighted by Crippen LogP contribution is -2.32. The first-order valence-electron chi connectivity index (χ1n) is 7.21. The van der Waals surface area contributed by atoms with E-state index in [2.05, 4.69) is 0 Å². The van der Waals surface area contributed by atoms with E-state index in [1.54, 1.807) is 26.1 Å². The third-order valence-electron chi connectivity index (χ3n) is 4.70. The number of hydrogen-bond acceptors (Lipinski definition) is 3. The Labute approximate surface area is 127 Å². The number of likely N-dealkylation sites (N-methyl/N-ethyl adjacent to an activating group) is 1. The molecule has 6 heteroatoms. The van der Waals surface area contributed by atoms with E-state index in [-0.39, 0.29) is 6.61 Å². The smallest absolute Gasteiger partial charge is 0.310 e.